The maximum atomic E-state index is 2.47. The lowest BCUT2D eigenvalue weighted by Crippen LogP contribution is -2.08. The van der Waals surface area contributed by atoms with Crippen molar-refractivity contribution in [2.45, 2.75) is 98.8 Å². The van der Waals surface area contributed by atoms with Crippen molar-refractivity contribution < 1.29 is 0 Å². The van der Waals surface area contributed by atoms with Crippen LogP contribution in [0.5, 0.6) is 0 Å². The number of hydrogen-bond acceptors (Lipinski definition) is 0. The fraction of sp³-hybridized carbons (Fsp3) is 1.00. The van der Waals surface area contributed by atoms with E-state index in [-0.39, 0.29) is 0 Å². The van der Waals surface area contributed by atoms with Gasteiger partial charge in [-0.15, -0.1) is 0 Å². The Bertz CT molecular complexity index is 161. The van der Waals surface area contributed by atoms with Crippen molar-refractivity contribution in [3.8, 4) is 0 Å². The van der Waals surface area contributed by atoms with E-state index in [1.54, 1.807) is 0 Å². The van der Waals surface area contributed by atoms with Gasteiger partial charge < -0.3 is 0 Å². The minimum absolute atomic E-state index is 0.930. The summed E-state index contributed by atoms with van der Waals surface area (Å²) >= 11 is 0. The second-order valence-corrected chi connectivity index (χ2v) is 6.56. The third-order valence-corrected chi connectivity index (χ3v) is 4.63. The van der Waals surface area contributed by atoms with Crippen LogP contribution in [0.3, 0.4) is 0 Å². The van der Waals surface area contributed by atoms with E-state index in [1.165, 1.54) is 64.2 Å². The molecular weight excluding hydrogens is 216 g/mol. The Labute approximate surface area is 117 Å². The standard InChI is InChI=1S/C18H38/c1-6-9-10-11-12-17(5)15-18(8-3)14-13-16(4)7-2/h16-18H,6-15H2,1-5H3. The Morgan fingerprint density at radius 1 is 0.667 bits per heavy atom. The summed E-state index contributed by atoms with van der Waals surface area (Å²) in [6.07, 6.45) is 14.3. The van der Waals surface area contributed by atoms with Gasteiger partial charge in [0.25, 0.3) is 0 Å². The van der Waals surface area contributed by atoms with Crippen molar-refractivity contribution in [1.29, 1.82) is 0 Å². The first kappa shape index (κ1) is 18.0. The molecule has 0 aromatic heterocycles. The van der Waals surface area contributed by atoms with Crippen LogP contribution in [0.2, 0.25) is 0 Å². The van der Waals surface area contributed by atoms with Crippen LogP contribution >= 0.6 is 0 Å². The van der Waals surface area contributed by atoms with E-state index in [0.29, 0.717) is 0 Å². The van der Waals surface area contributed by atoms with Crippen molar-refractivity contribution in [3.63, 3.8) is 0 Å². The Morgan fingerprint density at radius 2 is 1.39 bits per heavy atom. The second-order valence-electron chi connectivity index (χ2n) is 6.56. The first-order valence-electron chi connectivity index (χ1n) is 8.63. The van der Waals surface area contributed by atoms with Crippen LogP contribution < -0.4 is 0 Å². The topological polar surface area (TPSA) is 0 Å². The van der Waals surface area contributed by atoms with E-state index < -0.39 is 0 Å². The lowest BCUT2D eigenvalue weighted by atomic mass is 9.85. The summed E-state index contributed by atoms with van der Waals surface area (Å²) in [6.45, 7) is 11.9. The van der Waals surface area contributed by atoms with Gasteiger partial charge in [0, 0.05) is 0 Å². The molecule has 0 saturated carbocycles. The van der Waals surface area contributed by atoms with Gasteiger partial charge in [-0.05, 0) is 24.2 Å². The average molecular weight is 255 g/mol. The SMILES string of the molecule is CCCCCCC(C)CC(CC)CCC(C)CC. The van der Waals surface area contributed by atoms with Crippen LogP contribution in [-0.2, 0) is 0 Å². The average Bonchev–Trinajstić information content (AvgIpc) is 2.39. The molecule has 0 aromatic carbocycles. The van der Waals surface area contributed by atoms with Gasteiger partial charge in [0.1, 0.15) is 0 Å². The van der Waals surface area contributed by atoms with E-state index in [0.717, 1.165) is 17.8 Å². The molecule has 0 aliphatic carbocycles. The lowest BCUT2D eigenvalue weighted by Gasteiger charge is -2.21. The summed E-state index contributed by atoms with van der Waals surface area (Å²) in [7, 11) is 0. The van der Waals surface area contributed by atoms with Crippen molar-refractivity contribution in [2.75, 3.05) is 0 Å². The van der Waals surface area contributed by atoms with E-state index in [2.05, 4.69) is 34.6 Å². The van der Waals surface area contributed by atoms with Gasteiger partial charge in [-0.2, -0.15) is 0 Å². The molecule has 3 atom stereocenters. The highest BCUT2D eigenvalue weighted by atomic mass is 14.2. The number of unbranched alkanes of at least 4 members (excludes halogenated alkanes) is 3. The summed E-state index contributed by atoms with van der Waals surface area (Å²) in [5, 5.41) is 0. The van der Waals surface area contributed by atoms with Crippen LogP contribution in [0, 0.1) is 17.8 Å². The molecule has 0 aliphatic rings. The molecule has 0 bridgehead atoms. The molecular formula is C18H38. The molecule has 0 nitrogen and oxygen atoms in total. The van der Waals surface area contributed by atoms with Crippen LogP contribution in [0.4, 0.5) is 0 Å². The van der Waals surface area contributed by atoms with E-state index in [4.69, 9.17) is 0 Å². The van der Waals surface area contributed by atoms with Gasteiger partial charge in [-0.25, -0.2) is 0 Å². The minimum Gasteiger partial charge on any atom is -0.0654 e. The van der Waals surface area contributed by atoms with Crippen LogP contribution in [0.1, 0.15) is 98.8 Å². The summed E-state index contributed by atoms with van der Waals surface area (Å²) in [5.74, 6) is 2.86. The largest absolute Gasteiger partial charge is 0.0654 e. The van der Waals surface area contributed by atoms with Crippen molar-refractivity contribution in [2.24, 2.45) is 17.8 Å². The predicted molar refractivity (Wildman–Crippen MR) is 85.0 cm³/mol. The summed E-state index contributed by atoms with van der Waals surface area (Å²) in [4.78, 5) is 0. The van der Waals surface area contributed by atoms with Gasteiger partial charge in [-0.1, -0.05) is 92.4 Å². The highest BCUT2D eigenvalue weighted by Gasteiger charge is 2.12. The van der Waals surface area contributed by atoms with Gasteiger partial charge in [-0.3, -0.25) is 0 Å². The molecule has 110 valence electrons. The molecule has 0 radical (unpaired) electrons. The zero-order valence-electron chi connectivity index (χ0n) is 13.8. The van der Waals surface area contributed by atoms with E-state index >= 15 is 0 Å². The maximum absolute atomic E-state index is 2.47. The van der Waals surface area contributed by atoms with E-state index in [9.17, 15) is 0 Å². The third kappa shape index (κ3) is 9.97. The summed E-state index contributed by atoms with van der Waals surface area (Å²) in [6, 6.07) is 0. The molecule has 0 amide bonds. The van der Waals surface area contributed by atoms with Crippen LogP contribution in [-0.4, -0.2) is 0 Å². The van der Waals surface area contributed by atoms with Gasteiger partial charge in [0.15, 0.2) is 0 Å². The fourth-order valence-corrected chi connectivity index (χ4v) is 2.82. The molecule has 0 N–H and O–H groups in total. The Kier molecular flexibility index (Phi) is 12.1. The molecule has 0 heterocycles. The fourth-order valence-electron chi connectivity index (χ4n) is 2.82. The lowest BCUT2D eigenvalue weighted by molar-refractivity contribution is 0.314. The second kappa shape index (κ2) is 12.1. The van der Waals surface area contributed by atoms with Crippen molar-refractivity contribution in [1.82, 2.24) is 0 Å². The molecule has 18 heavy (non-hydrogen) atoms. The Morgan fingerprint density at radius 3 is 1.94 bits per heavy atom. The zero-order valence-corrected chi connectivity index (χ0v) is 13.8. The van der Waals surface area contributed by atoms with Gasteiger partial charge in [0.05, 0.1) is 0 Å². The van der Waals surface area contributed by atoms with Crippen molar-refractivity contribution >= 4 is 0 Å². The Balaban J connectivity index is 3.68. The van der Waals surface area contributed by atoms with Crippen LogP contribution in [0.25, 0.3) is 0 Å². The monoisotopic (exact) mass is 254 g/mol. The number of hydrogen-bond donors (Lipinski definition) is 0. The Hall–Kier alpha value is 0. The normalized spacial score (nSPS) is 16.5. The highest BCUT2D eigenvalue weighted by Crippen LogP contribution is 2.26. The predicted octanol–water partition coefficient (Wildman–Crippen LogP) is 6.84. The molecule has 0 saturated heterocycles. The molecule has 0 aromatic rings. The molecule has 0 rings (SSSR count). The molecule has 0 fully saturated rings. The highest BCUT2D eigenvalue weighted by molar-refractivity contribution is 4.65. The van der Waals surface area contributed by atoms with Crippen molar-refractivity contribution in [3.05, 3.63) is 0 Å². The molecule has 3 unspecified atom stereocenters. The summed E-state index contributed by atoms with van der Waals surface area (Å²) < 4.78 is 0. The number of rotatable bonds is 12. The van der Waals surface area contributed by atoms with Gasteiger partial charge >= 0.3 is 0 Å². The van der Waals surface area contributed by atoms with E-state index in [1.807, 2.05) is 0 Å². The molecule has 0 aliphatic heterocycles. The minimum atomic E-state index is 0.930. The molecule has 0 spiro atoms. The third-order valence-electron chi connectivity index (χ3n) is 4.63. The summed E-state index contributed by atoms with van der Waals surface area (Å²) in [5.41, 5.74) is 0. The zero-order chi connectivity index (χ0) is 13.8. The first-order valence-corrected chi connectivity index (χ1v) is 8.63. The first-order chi connectivity index (χ1) is 8.63. The smallest absolute Gasteiger partial charge is 0.0414 e. The van der Waals surface area contributed by atoms with Crippen LogP contribution in [0.15, 0.2) is 0 Å². The van der Waals surface area contributed by atoms with Gasteiger partial charge in [0.2, 0.25) is 0 Å². The quantitative estimate of drug-likeness (QED) is 0.335. The molecule has 0 heteroatoms. The maximum Gasteiger partial charge on any atom is -0.0414 e.